The number of aryl methyl sites for hydroxylation is 1. The van der Waals surface area contributed by atoms with E-state index in [0.29, 0.717) is 54.1 Å². The molecule has 212 valence electrons. The maximum absolute atomic E-state index is 15.6. The highest BCUT2D eigenvalue weighted by atomic mass is 19.1. The lowest BCUT2D eigenvalue weighted by atomic mass is 10.1. The summed E-state index contributed by atoms with van der Waals surface area (Å²) in [6, 6.07) is 7.23. The first kappa shape index (κ1) is 24.9. The average molecular weight is 558 g/mol. The largest absolute Gasteiger partial charge is 0.370 e. The van der Waals surface area contributed by atoms with Crippen molar-refractivity contribution in [1.29, 1.82) is 0 Å². The molecule has 4 aliphatic rings. The molecule has 4 aromatic heterocycles. The van der Waals surface area contributed by atoms with Gasteiger partial charge in [-0.1, -0.05) is 0 Å². The molecule has 2 saturated heterocycles. The molecule has 0 spiro atoms. The van der Waals surface area contributed by atoms with E-state index in [2.05, 4.69) is 4.57 Å². The van der Waals surface area contributed by atoms with Crippen LogP contribution in [0.1, 0.15) is 41.6 Å². The quantitative estimate of drug-likeness (QED) is 0.404. The Morgan fingerprint density at radius 3 is 2.78 bits per heavy atom. The van der Waals surface area contributed by atoms with Gasteiger partial charge in [0.1, 0.15) is 35.1 Å². The standard InChI is InChI=1S/C30H32FN7O3/c1-16-27(34-38-14-20(10-21(31)28(16)38)30(40)37-13-19-4-6-22(37)26(19)32)23-11-18-5-7-24(35-8-9-41-15-25(35)39)33-29(18)36(23)12-17-2-3-17/h5,7,10-11,14,17,19,22,26H,2-4,6,8-9,12-13,15,32H2,1H3/t19?,22?,26-/m1/s1. The van der Waals surface area contributed by atoms with E-state index in [1.54, 1.807) is 11.1 Å². The zero-order valence-electron chi connectivity index (χ0n) is 22.9. The Morgan fingerprint density at radius 1 is 1.20 bits per heavy atom. The minimum absolute atomic E-state index is 0.00467. The zero-order valence-corrected chi connectivity index (χ0v) is 22.9. The van der Waals surface area contributed by atoms with E-state index >= 15 is 4.39 Å². The van der Waals surface area contributed by atoms with E-state index in [0.717, 1.165) is 49.0 Å². The zero-order chi connectivity index (χ0) is 28.0. The van der Waals surface area contributed by atoms with Crippen molar-refractivity contribution < 1.29 is 18.7 Å². The van der Waals surface area contributed by atoms with E-state index in [1.165, 1.54) is 10.6 Å². The van der Waals surface area contributed by atoms with Gasteiger partial charge in [-0.2, -0.15) is 5.10 Å². The molecule has 2 aliphatic carbocycles. The number of anilines is 1. The van der Waals surface area contributed by atoms with Crippen molar-refractivity contribution in [1.82, 2.24) is 24.1 Å². The number of pyridine rings is 2. The minimum atomic E-state index is -0.475. The second kappa shape index (κ2) is 9.09. The Morgan fingerprint density at radius 2 is 2.05 bits per heavy atom. The molecule has 0 aromatic carbocycles. The van der Waals surface area contributed by atoms with E-state index in [9.17, 15) is 9.59 Å². The van der Waals surface area contributed by atoms with Gasteiger partial charge in [-0.25, -0.2) is 13.9 Å². The molecule has 10 nitrogen and oxygen atoms in total. The third kappa shape index (κ3) is 3.89. The number of rotatable bonds is 5. The highest BCUT2D eigenvalue weighted by Crippen LogP contribution is 2.39. The summed E-state index contributed by atoms with van der Waals surface area (Å²) in [5.41, 5.74) is 9.93. The van der Waals surface area contributed by atoms with Crippen LogP contribution in [0.5, 0.6) is 0 Å². The summed E-state index contributed by atoms with van der Waals surface area (Å²) in [4.78, 5) is 34.3. The van der Waals surface area contributed by atoms with E-state index in [1.807, 2.05) is 30.0 Å². The lowest BCUT2D eigenvalue weighted by Gasteiger charge is -2.27. The molecule has 0 radical (unpaired) electrons. The summed E-state index contributed by atoms with van der Waals surface area (Å²) in [7, 11) is 0. The van der Waals surface area contributed by atoms with Crippen LogP contribution in [0.3, 0.4) is 0 Å². The number of hydrogen-bond donors (Lipinski definition) is 1. The predicted octanol–water partition coefficient (Wildman–Crippen LogP) is 3.13. The summed E-state index contributed by atoms with van der Waals surface area (Å²) < 4.78 is 24.6. The number of morpholine rings is 1. The van der Waals surface area contributed by atoms with E-state index in [4.69, 9.17) is 20.6 Å². The van der Waals surface area contributed by atoms with Crippen molar-refractivity contribution in [2.45, 2.75) is 51.2 Å². The average Bonchev–Trinajstić information content (AvgIpc) is 3.37. The molecule has 41 heavy (non-hydrogen) atoms. The summed E-state index contributed by atoms with van der Waals surface area (Å²) in [5.74, 6) is 0.686. The molecule has 2 N–H and O–H groups in total. The van der Waals surface area contributed by atoms with E-state index in [-0.39, 0.29) is 36.1 Å². The Balaban J connectivity index is 1.21. The topological polar surface area (TPSA) is 111 Å². The molecule has 8 rings (SSSR count). The second-order valence-corrected chi connectivity index (χ2v) is 12.0. The van der Waals surface area contributed by atoms with Crippen LogP contribution < -0.4 is 10.6 Å². The fourth-order valence-electron chi connectivity index (χ4n) is 7.05. The van der Waals surface area contributed by atoms with Gasteiger partial charge >= 0.3 is 0 Å². The number of carbonyl (C=O) groups is 2. The van der Waals surface area contributed by atoms with Crippen molar-refractivity contribution in [3.63, 3.8) is 0 Å². The summed E-state index contributed by atoms with van der Waals surface area (Å²) in [6.45, 7) is 4.25. The summed E-state index contributed by atoms with van der Waals surface area (Å²) in [6.07, 6.45) is 5.87. The third-order valence-electron chi connectivity index (χ3n) is 9.45. The van der Waals surface area contributed by atoms with Crippen molar-refractivity contribution in [2.75, 3.05) is 31.2 Å². The molecular weight excluding hydrogens is 525 g/mol. The number of aromatic nitrogens is 4. The van der Waals surface area contributed by atoms with Crippen LogP contribution in [0, 0.1) is 24.6 Å². The van der Waals surface area contributed by atoms with Gasteiger partial charge in [-0.15, -0.1) is 0 Å². The normalized spacial score (nSPS) is 24.4. The Hall–Kier alpha value is -3.83. The van der Waals surface area contributed by atoms with Gasteiger partial charge in [-0.3, -0.25) is 14.5 Å². The Kier molecular flexibility index (Phi) is 5.52. The van der Waals surface area contributed by atoms with Crippen LogP contribution in [0.2, 0.25) is 0 Å². The number of nitrogens with zero attached hydrogens (tertiary/aromatic N) is 6. The number of likely N-dealkylation sites (tertiary alicyclic amines) is 1. The maximum atomic E-state index is 15.6. The van der Waals surface area contributed by atoms with Crippen molar-refractivity contribution >= 4 is 34.2 Å². The molecule has 11 heteroatoms. The predicted molar refractivity (Wildman–Crippen MR) is 150 cm³/mol. The van der Waals surface area contributed by atoms with Gasteiger partial charge in [-0.05, 0) is 68.7 Å². The highest BCUT2D eigenvalue weighted by Gasteiger charge is 2.47. The second-order valence-electron chi connectivity index (χ2n) is 12.0. The number of hydrogen-bond acceptors (Lipinski definition) is 6. The molecule has 3 atom stereocenters. The van der Waals surface area contributed by atoms with Gasteiger partial charge in [0.15, 0.2) is 0 Å². The van der Waals surface area contributed by atoms with Crippen LogP contribution in [0.25, 0.3) is 27.9 Å². The van der Waals surface area contributed by atoms with Crippen molar-refractivity contribution in [3.8, 4) is 11.4 Å². The van der Waals surface area contributed by atoms with Crippen molar-refractivity contribution in [3.05, 3.63) is 47.4 Å². The third-order valence-corrected chi connectivity index (χ3v) is 9.45. The van der Waals surface area contributed by atoms with Crippen LogP contribution in [0.15, 0.2) is 30.5 Å². The highest BCUT2D eigenvalue weighted by molar-refractivity contribution is 5.96. The number of ether oxygens (including phenoxy) is 1. The molecule has 2 amide bonds. The van der Waals surface area contributed by atoms with Gasteiger partial charge in [0.05, 0.1) is 24.4 Å². The summed E-state index contributed by atoms with van der Waals surface area (Å²) in [5, 5.41) is 5.76. The Labute approximate surface area is 235 Å². The number of piperidine rings is 1. The molecule has 6 heterocycles. The van der Waals surface area contributed by atoms with Crippen LogP contribution in [0.4, 0.5) is 10.2 Å². The SMILES string of the molecule is Cc1c(-c2cc3ccc(N4CCOCC4=O)nc3n2CC2CC2)nn2cc(C(=O)N3CC4CCC3[C@@H]4N)cc(F)c12. The molecule has 4 fully saturated rings. The molecule has 2 bridgehead atoms. The monoisotopic (exact) mass is 557 g/mol. The number of halogens is 1. The van der Waals surface area contributed by atoms with Gasteiger partial charge in [0.2, 0.25) is 0 Å². The number of fused-ring (bicyclic) bond motifs is 4. The van der Waals surface area contributed by atoms with Gasteiger partial charge < -0.3 is 19.9 Å². The van der Waals surface area contributed by atoms with Crippen LogP contribution in [-0.2, 0) is 16.1 Å². The first-order valence-corrected chi connectivity index (χ1v) is 14.5. The van der Waals surface area contributed by atoms with Gasteiger partial charge in [0.25, 0.3) is 11.8 Å². The molecule has 2 aliphatic heterocycles. The lowest BCUT2D eigenvalue weighted by Crippen LogP contribution is -2.42. The number of amides is 2. The summed E-state index contributed by atoms with van der Waals surface area (Å²) >= 11 is 0. The van der Waals surface area contributed by atoms with E-state index < -0.39 is 5.82 Å². The van der Waals surface area contributed by atoms with Gasteiger partial charge in [0, 0.05) is 42.3 Å². The first-order valence-electron chi connectivity index (χ1n) is 14.5. The fourth-order valence-corrected chi connectivity index (χ4v) is 7.05. The van der Waals surface area contributed by atoms with Crippen LogP contribution >= 0.6 is 0 Å². The van der Waals surface area contributed by atoms with Crippen molar-refractivity contribution in [2.24, 2.45) is 17.6 Å². The number of nitrogens with two attached hydrogens (primary N) is 1. The lowest BCUT2D eigenvalue weighted by molar-refractivity contribution is -0.125. The molecule has 4 aromatic rings. The maximum Gasteiger partial charge on any atom is 0.255 e. The number of carbonyl (C=O) groups excluding carboxylic acids is 2. The fraction of sp³-hybridized carbons (Fsp3) is 0.467. The Bertz CT molecular complexity index is 1740. The molecule has 2 unspecified atom stereocenters. The first-order chi connectivity index (χ1) is 19.9. The smallest absolute Gasteiger partial charge is 0.255 e. The minimum Gasteiger partial charge on any atom is -0.370 e. The van der Waals surface area contributed by atoms with Crippen LogP contribution in [-0.4, -0.2) is 74.3 Å². The molecular formula is C30H32FN7O3. The molecule has 2 saturated carbocycles.